The molecule has 0 amide bonds. The van der Waals surface area contributed by atoms with E-state index in [1.807, 2.05) is 4.90 Å². The third kappa shape index (κ3) is 7.69. The topological polar surface area (TPSA) is 57.2 Å². The molecule has 0 radical (unpaired) electrons. The molecule has 2 aromatic heterocycles. The molecule has 0 spiro atoms. The Labute approximate surface area is 228 Å². The Morgan fingerprint density at radius 3 is 2.33 bits per heavy atom. The van der Waals surface area contributed by atoms with Gasteiger partial charge in [-0.1, -0.05) is 24.3 Å². The van der Waals surface area contributed by atoms with Crippen LogP contribution in [-0.2, 0) is 12.7 Å². The van der Waals surface area contributed by atoms with Crippen LogP contribution in [0.2, 0.25) is 0 Å². The van der Waals surface area contributed by atoms with Crippen molar-refractivity contribution in [2.75, 3.05) is 25.5 Å². The van der Waals surface area contributed by atoms with Crippen LogP contribution in [0, 0.1) is 0 Å². The monoisotopic (exact) mass is 562 g/mol. The Balaban J connectivity index is 2.20. The molecule has 0 bridgehead atoms. The van der Waals surface area contributed by atoms with Crippen LogP contribution in [0.15, 0.2) is 85.9 Å². The minimum Gasteiger partial charge on any atom is -0.338 e. The van der Waals surface area contributed by atoms with Crippen molar-refractivity contribution in [1.29, 1.82) is 0 Å². The van der Waals surface area contributed by atoms with Gasteiger partial charge in [0.05, 0.1) is 29.0 Å². The number of benzene rings is 1. The normalized spacial score (nSPS) is 12.8. The number of aromatic nitrogens is 3. The van der Waals surface area contributed by atoms with E-state index in [9.17, 15) is 26.3 Å². The molecule has 1 aromatic carbocycles. The van der Waals surface area contributed by atoms with Crippen molar-refractivity contribution < 1.29 is 26.3 Å². The number of alkyl halides is 6. The molecule has 212 valence electrons. The minimum atomic E-state index is -4.63. The summed E-state index contributed by atoms with van der Waals surface area (Å²) < 4.78 is 80.7. The molecule has 40 heavy (non-hydrogen) atoms. The number of allylic oxidation sites excluding steroid dienone is 2. The van der Waals surface area contributed by atoms with Gasteiger partial charge in [0.25, 0.3) is 0 Å². The lowest BCUT2D eigenvalue weighted by Crippen LogP contribution is -2.30. The van der Waals surface area contributed by atoms with E-state index >= 15 is 0 Å². The summed E-state index contributed by atoms with van der Waals surface area (Å²) in [5.74, 6) is 0.470. The minimum absolute atomic E-state index is 0.0791. The first kappa shape index (κ1) is 30.4. The first-order chi connectivity index (χ1) is 18.9. The van der Waals surface area contributed by atoms with Crippen LogP contribution >= 0.6 is 0 Å². The van der Waals surface area contributed by atoms with Gasteiger partial charge in [-0.15, -0.1) is 13.2 Å². The van der Waals surface area contributed by atoms with Gasteiger partial charge >= 0.3 is 12.5 Å². The van der Waals surface area contributed by atoms with Crippen LogP contribution in [0.5, 0.6) is 0 Å². The summed E-state index contributed by atoms with van der Waals surface area (Å²) in [7, 11) is 0.870. The molecule has 6 nitrogen and oxygen atoms in total. The predicted molar refractivity (Wildman–Crippen MR) is 144 cm³/mol. The van der Waals surface area contributed by atoms with Gasteiger partial charge < -0.3 is 5.32 Å². The van der Waals surface area contributed by atoms with E-state index < -0.39 is 18.0 Å². The number of nitrogens with one attached hydrogen (secondary N) is 1. The smallest absolute Gasteiger partial charge is 0.338 e. The average Bonchev–Trinajstić information content (AvgIpc) is 2.87. The Kier molecular flexibility index (Phi) is 9.69. The molecular formula is C28H28F6N6. The summed E-state index contributed by atoms with van der Waals surface area (Å²) >= 11 is 0. The molecule has 3 aromatic rings. The number of anilines is 1. The molecule has 0 aliphatic carbocycles. The first-order valence-electron chi connectivity index (χ1n) is 12.1. The standard InChI is InChI=1S/C28H28F6N6/c1-5-9-20(17-39(4)28(32,33)34)36-26-21-12-11-19(25-22(27(29,30)31)10-8-13-35-25)16-23(21)37-24(38-26)18-40(14-6-2)15-7-3/h5-13,16-17H,2-3,14-15,18H2,1,4H3,(H,36,37,38)/b9-5-,20-17+. The van der Waals surface area contributed by atoms with Crippen LogP contribution in [0.4, 0.5) is 32.2 Å². The summed E-state index contributed by atoms with van der Waals surface area (Å²) in [5, 5.41) is 3.32. The SMILES string of the molecule is C=CCN(CC=C)Cc1nc(NC(/C=C\C)=C/N(C)C(F)(F)F)c2ccc(-c3ncccc3C(F)(F)F)cc2n1. The molecular weight excluding hydrogens is 534 g/mol. The fourth-order valence-corrected chi connectivity index (χ4v) is 3.84. The van der Waals surface area contributed by atoms with Crippen molar-refractivity contribution in [2.24, 2.45) is 0 Å². The lowest BCUT2D eigenvalue weighted by atomic mass is 10.0. The zero-order valence-corrected chi connectivity index (χ0v) is 21.9. The van der Waals surface area contributed by atoms with Crippen LogP contribution < -0.4 is 5.32 Å². The van der Waals surface area contributed by atoms with Crippen LogP contribution in [0.1, 0.15) is 18.3 Å². The van der Waals surface area contributed by atoms with E-state index in [1.54, 1.807) is 25.2 Å². The number of rotatable bonds is 11. The van der Waals surface area contributed by atoms with Gasteiger partial charge in [0.2, 0.25) is 0 Å². The van der Waals surface area contributed by atoms with Gasteiger partial charge in [-0.2, -0.15) is 26.3 Å². The van der Waals surface area contributed by atoms with Gasteiger partial charge in [0, 0.05) is 43.5 Å². The Morgan fingerprint density at radius 1 is 1.02 bits per heavy atom. The van der Waals surface area contributed by atoms with E-state index in [0.29, 0.717) is 18.5 Å². The number of hydrogen-bond acceptors (Lipinski definition) is 6. The zero-order valence-electron chi connectivity index (χ0n) is 21.9. The second kappa shape index (κ2) is 12.8. The maximum absolute atomic E-state index is 13.7. The number of hydrogen-bond donors (Lipinski definition) is 1. The molecule has 0 aliphatic heterocycles. The molecule has 1 N–H and O–H groups in total. The number of fused-ring (bicyclic) bond motifs is 1. The van der Waals surface area contributed by atoms with Crippen molar-refractivity contribution in [3.8, 4) is 11.3 Å². The van der Waals surface area contributed by atoms with E-state index in [0.717, 1.165) is 19.3 Å². The molecule has 0 unspecified atom stereocenters. The highest BCUT2D eigenvalue weighted by atomic mass is 19.4. The Hall–Kier alpha value is -4.19. The zero-order chi connectivity index (χ0) is 29.5. The average molecular weight is 563 g/mol. The van der Waals surface area contributed by atoms with Crippen LogP contribution in [0.3, 0.4) is 0 Å². The van der Waals surface area contributed by atoms with Crippen LogP contribution in [-0.4, -0.2) is 51.2 Å². The van der Waals surface area contributed by atoms with Crippen LogP contribution in [0.25, 0.3) is 22.2 Å². The van der Waals surface area contributed by atoms with Crippen molar-refractivity contribution in [1.82, 2.24) is 24.8 Å². The summed E-state index contributed by atoms with van der Waals surface area (Å²) in [4.78, 5) is 15.1. The number of pyridine rings is 1. The van der Waals surface area contributed by atoms with Gasteiger partial charge in [-0.05, 0) is 37.3 Å². The van der Waals surface area contributed by atoms with Crippen molar-refractivity contribution >= 4 is 16.7 Å². The molecule has 0 saturated heterocycles. The molecule has 0 atom stereocenters. The quantitative estimate of drug-likeness (QED) is 0.116. The summed E-state index contributed by atoms with van der Waals surface area (Å²) in [6.45, 7) is 10.3. The predicted octanol–water partition coefficient (Wildman–Crippen LogP) is 7.17. The highest BCUT2D eigenvalue weighted by Crippen LogP contribution is 2.37. The molecule has 12 heteroatoms. The van der Waals surface area contributed by atoms with Gasteiger partial charge in [-0.25, -0.2) is 9.97 Å². The lowest BCUT2D eigenvalue weighted by molar-refractivity contribution is -0.219. The molecule has 0 aliphatic rings. The number of halogens is 6. The second-order valence-electron chi connectivity index (χ2n) is 8.68. The van der Waals surface area contributed by atoms with Gasteiger partial charge in [0.15, 0.2) is 0 Å². The van der Waals surface area contributed by atoms with E-state index in [-0.39, 0.29) is 45.6 Å². The molecule has 0 saturated carbocycles. The third-order valence-corrected chi connectivity index (χ3v) is 5.61. The highest BCUT2D eigenvalue weighted by molar-refractivity contribution is 5.92. The summed E-state index contributed by atoms with van der Waals surface area (Å²) in [6.07, 6.45) is -0.751. The van der Waals surface area contributed by atoms with E-state index in [1.165, 1.54) is 36.5 Å². The summed E-state index contributed by atoms with van der Waals surface area (Å²) in [6, 6.07) is 6.55. The van der Waals surface area contributed by atoms with Gasteiger partial charge in [-0.3, -0.25) is 14.8 Å². The molecule has 0 fully saturated rings. The maximum Gasteiger partial charge on any atom is 0.484 e. The largest absolute Gasteiger partial charge is 0.484 e. The fraction of sp³-hybridized carbons (Fsp3) is 0.250. The Morgan fingerprint density at radius 2 is 1.73 bits per heavy atom. The van der Waals surface area contributed by atoms with Crippen molar-refractivity contribution in [2.45, 2.75) is 25.9 Å². The van der Waals surface area contributed by atoms with Crippen molar-refractivity contribution in [3.05, 3.63) is 97.3 Å². The van der Waals surface area contributed by atoms with Crippen molar-refractivity contribution in [3.63, 3.8) is 0 Å². The highest BCUT2D eigenvalue weighted by Gasteiger charge is 2.34. The number of nitrogens with zero attached hydrogens (tertiary/aromatic N) is 5. The van der Waals surface area contributed by atoms with Gasteiger partial charge in [0.1, 0.15) is 11.6 Å². The lowest BCUT2D eigenvalue weighted by Gasteiger charge is -2.21. The first-order valence-corrected chi connectivity index (χ1v) is 12.1. The molecule has 2 heterocycles. The molecule has 3 rings (SSSR count). The fourth-order valence-electron chi connectivity index (χ4n) is 3.84. The second-order valence-corrected chi connectivity index (χ2v) is 8.68. The van der Waals surface area contributed by atoms with E-state index in [4.69, 9.17) is 0 Å². The maximum atomic E-state index is 13.7. The Bertz CT molecular complexity index is 1400. The van der Waals surface area contributed by atoms with E-state index in [2.05, 4.69) is 33.4 Å². The third-order valence-electron chi connectivity index (χ3n) is 5.61. The summed E-state index contributed by atoms with van der Waals surface area (Å²) in [5.41, 5.74) is -0.641.